The van der Waals surface area contributed by atoms with Gasteiger partial charge >= 0.3 is 6.18 Å². The minimum absolute atomic E-state index is 0.584. The van der Waals surface area contributed by atoms with Gasteiger partial charge in [-0.15, -0.1) is 0 Å². The fourth-order valence-corrected chi connectivity index (χ4v) is 4.95. The molecule has 0 unspecified atom stereocenters. The van der Waals surface area contributed by atoms with Crippen molar-refractivity contribution >= 4 is 54.1 Å². The minimum Gasteiger partial charge on any atom is -0.348 e. The van der Waals surface area contributed by atoms with E-state index < -0.39 is 11.9 Å². The zero-order valence-corrected chi connectivity index (χ0v) is 17.3. The van der Waals surface area contributed by atoms with E-state index in [9.17, 15) is 13.2 Å². The van der Waals surface area contributed by atoms with Gasteiger partial charge in [0, 0.05) is 41.6 Å². The van der Waals surface area contributed by atoms with Gasteiger partial charge in [-0.3, -0.25) is 0 Å². The normalized spacial score (nSPS) is 12.8. The molecule has 0 spiro atoms. The van der Waals surface area contributed by atoms with Crippen molar-refractivity contribution in [3.63, 3.8) is 0 Å². The van der Waals surface area contributed by atoms with Crippen molar-refractivity contribution in [1.82, 2.24) is 9.13 Å². The molecule has 4 aromatic carbocycles. The maximum absolute atomic E-state index is 13.4. The van der Waals surface area contributed by atoms with Crippen LogP contribution < -0.4 is 0 Å². The average molecular weight is 416 g/mol. The molecule has 0 atom stereocenters. The third kappa shape index (κ3) is 2.46. The Kier molecular flexibility index (Phi) is 3.43. The van der Waals surface area contributed by atoms with E-state index in [4.69, 9.17) is 0 Å². The van der Waals surface area contributed by atoms with E-state index in [0.29, 0.717) is 10.9 Å². The number of aryl methyl sites for hydroxylation is 3. The molecule has 154 valence electrons. The van der Waals surface area contributed by atoms with E-state index in [0.717, 1.165) is 32.3 Å². The molecule has 0 saturated carbocycles. The smallest absolute Gasteiger partial charge is 0.348 e. The molecule has 2 aromatic heterocycles. The highest BCUT2D eigenvalue weighted by Crippen LogP contribution is 2.38. The molecule has 2 nitrogen and oxygen atoms in total. The van der Waals surface area contributed by atoms with Crippen molar-refractivity contribution in [2.75, 3.05) is 0 Å². The third-order valence-corrected chi connectivity index (χ3v) is 6.69. The first-order chi connectivity index (χ1) is 14.7. The van der Waals surface area contributed by atoms with Crippen LogP contribution >= 0.6 is 0 Å². The first-order valence-electron chi connectivity index (χ1n) is 10.1. The number of halogens is 3. The maximum Gasteiger partial charge on any atom is 0.431 e. The zero-order chi connectivity index (χ0) is 21.7. The van der Waals surface area contributed by atoms with Crippen molar-refractivity contribution in [3.8, 4) is 0 Å². The summed E-state index contributed by atoms with van der Waals surface area (Å²) in [6, 6.07) is 19.9. The van der Waals surface area contributed by atoms with Crippen LogP contribution in [0, 0.1) is 6.92 Å². The number of hydrogen-bond donors (Lipinski definition) is 0. The summed E-state index contributed by atoms with van der Waals surface area (Å²) in [6.45, 7) is 2.09. The lowest BCUT2D eigenvalue weighted by Gasteiger charge is -2.10. The summed E-state index contributed by atoms with van der Waals surface area (Å²) >= 11 is 0. The Labute approximate surface area is 176 Å². The molecule has 6 aromatic rings. The summed E-state index contributed by atoms with van der Waals surface area (Å²) < 4.78 is 43.6. The lowest BCUT2D eigenvalue weighted by atomic mass is 9.95. The first-order valence-corrected chi connectivity index (χ1v) is 10.1. The first kappa shape index (κ1) is 18.3. The van der Waals surface area contributed by atoms with Crippen LogP contribution in [0.25, 0.3) is 54.1 Å². The lowest BCUT2D eigenvalue weighted by molar-refractivity contribution is -0.142. The van der Waals surface area contributed by atoms with E-state index in [1.54, 1.807) is 0 Å². The van der Waals surface area contributed by atoms with Crippen LogP contribution in [0.15, 0.2) is 60.7 Å². The Morgan fingerprint density at radius 3 is 1.65 bits per heavy atom. The quantitative estimate of drug-likeness (QED) is 0.228. The average Bonchev–Trinajstić information content (AvgIpc) is 3.20. The van der Waals surface area contributed by atoms with Crippen LogP contribution in [0.3, 0.4) is 0 Å². The molecule has 6 rings (SSSR count). The molecule has 5 heteroatoms. The highest BCUT2D eigenvalue weighted by atomic mass is 19.4. The number of hydrogen-bond acceptors (Lipinski definition) is 0. The SMILES string of the molecule is Cc1cc2cc3ccc4c5cc6c(cc(C(F)(F)F)n6C)cc5ccc4c3cc2n1C. The van der Waals surface area contributed by atoms with Crippen molar-refractivity contribution in [3.05, 3.63) is 72.1 Å². The third-order valence-electron chi connectivity index (χ3n) is 6.69. The van der Waals surface area contributed by atoms with Crippen LogP contribution in [0.1, 0.15) is 11.4 Å². The zero-order valence-electron chi connectivity index (χ0n) is 17.3. The van der Waals surface area contributed by atoms with Crippen LogP contribution in [0.2, 0.25) is 0 Å². The Hall–Kier alpha value is -3.47. The number of aromatic nitrogens is 2. The summed E-state index contributed by atoms with van der Waals surface area (Å²) in [5, 5.41) is 8.17. The molecule has 0 N–H and O–H groups in total. The van der Waals surface area contributed by atoms with Gasteiger partial charge in [-0.1, -0.05) is 24.3 Å². The molecule has 31 heavy (non-hydrogen) atoms. The van der Waals surface area contributed by atoms with E-state index >= 15 is 0 Å². The van der Waals surface area contributed by atoms with Gasteiger partial charge in [0.1, 0.15) is 5.69 Å². The summed E-state index contributed by atoms with van der Waals surface area (Å²) in [5.41, 5.74) is 2.33. The highest BCUT2D eigenvalue weighted by molar-refractivity contribution is 6.20. The van der Waals surface area contributed by atoms with Gasteiger partial charge in [-0.2, -0.15) is 13.2 Å². The minimum atomic E-state index is -4.38. The topological polar surface area (TPSA) is 9.86 Å². The Bertz CT molecular complexity index is 1700. The number of fused-ring (bicyclic) bond motifs is 7. The van der Waals surface area contributed by atoms with Crippen LogP contribution in [0.5, 0.6) is 0 Å². The lowest BCUT2D eigenvalue weighted by Crippen LogP contribution is -2.10. The molecule has 0 bridgehead atoms. The van der Waals surface area contributed by atoms with Crippen molar-refractivity contribution in [1.29, 1.82) is 0 Å². The molecule has 0 aliphatic rings. The summed E-state index contributed by atoms with van der Waals surface area (Å²) in [4.78, 5) is 0. The Balaban J connectivity index is 1.72. The van der Waals surface area contributed by atoms with Gasteiger partial charge in [0.25, 0.3) is 0 Å². The van der Waals surface area contributed by atoms with E-state index in [2.05, 4.69) is 54.9 Å². The Morgan fingerprint density at radius 2 is 1.10 bits per heavy atom. The number of alkyl halides is 3. The van der Waals surface area contributed by atoms with Crippen molar-refractivity contribution in [2.45, 2.75) is 13.1 Å². The number of rotatable bonds is 0. The molecule has 0 radical (unpaired) electrons. The Morgan fingerprint density at radius 1 is 0.581 bits per heavy atom. The van der Waals surface area contributed by atoms with E-state index in [1.165, 1.54) is 34.3 Å². The monoisotopic (exact) mass is 416 g/mol. The highest BCUT2D eigenvalue weighted by Gasteiger charge is 2.34. The predicted octanol–water partition coefficient (Wildman–Crippen LogP) is 7.46. The summed E-state index contributed by atoms with van der Waals surface area (Å²) in [7, 11) is 3.54. The fourth-order valence-electron chi connectivity index (χ4n) is 4.95. The molecule has 0 amide bonds. The van der Waals surface area contributed by atoms with Gasteiger partial charge in [0.15, 0.2) is 0 Å². The van der Waals surface area contributed by atoms with Crippen LogP contribution in [-0.4, -0.2) is 9.13 Å². The van der Waals surface area contributed by atoms with Crippen LogP contribution in [-0.2, 0) is 20.3 Å². The molecule has 0 saturated heterocycles. The summed E-state index contributed by atoms with van der Waals surface area (Å²) in [5.74, 6) is 0. The van der Waals surface area contributed by atoms with E-state index in [-0.39, 0.29) is 0 Å². The fraction of sp³-hybridized carbons (Fsp3) is 0.154. The van der Waals surface area contributed by atoms with Gasteiger partial charge in [0.2, 0.25) is 0 Å². The van der Waals surface area contributed by atoms with Crippen molar-refractivity contribution in [2.24, 2.45) is 14.1 Å². The standard InChI is InChI=1S/C26H19F3N2/c1-14-8-17-9-15-4-6-20-19(21(15)12-23(17)30(14)2)7-5-16-10-18-11-25(26(27,28)29)31(3)24(18)13-22(16)20/h4-13H,1-3H3. The number of benzene rings is 4. The van der Waals surface area contributed by atoms with E-state index in [1.807, 2.05) is 18.2 Å². The molecule has 0 fully saturated rings. The molecule has 0 aliphatic heterocycles. The summed E-state index contributed by atoms with van der Waals surface area (Å²) in [6.07, 6.45) is -4.38. The van der Waals surface area contributed by atoms with Crippen LogP contribution in [0.4, 0.5) is 13.2 Å². The second-order valence-electron chi connectivity index (χ2n) is 8.42. The van der Waals surface area contributed by atoms with Gasteiger partial charge < -0.3 is 9.13 Å². The molecule has 2 heterocycles. The van der Waals surface area contributed by atoms with Crippen molar-refractivity contribution < 1.29 is 13.2 Å². The largest absolute Gasteiger partial charge is 0.431 e. The second-order valence-corrected chi connectivity index (χ2v) is 8.42. The molecule has 0 aliphatic carbocycles. The van der Waals surface area contributed by atoms with Gasteiger partial charge in [-0.05, 0) is 75.6 Å². The van der Waals surface area contributed by atoms with Gasteiger partial charge in [-0.25, -0.2) is 0 Å². The molecular formula is C26H19F3N2. The molecular weight excluding hydrogens is 397 g/mol. The maximum atomic E-state index is 13.4. The predicted molar refractivity (Wildman–Crippen MR) is 122 cm³/mol. The number of nitrogens with zero attached hydrogens (tertiary/aromatic N) is 2. The second kappa shape index (κ2) is 5.82. The van der Waals surface area contributed by atoms with Gasteiger partial charge in [0.05, 0.1) is 0 Å².